The Balaban J connectivity index is 1.86. The maximum Gasteiger partial charge on any atom is 0.277 e. The number of halogens is 1. The molecule has 2 aromatic carbocycles. The van der Waals surface area contributed by atoms with E-state index in [9.17, 15) is 4.79 Å². The third-order valence-corrected chi connectivity index (χ3v) is 4.26. The average Bonchev–Trinajstić information content (AvgIpc) is 2.54. The first-order valence-corrected chi connectivity index (χ1v) is 8.86. The van der Waals surface area contributed by atoms with Gasteiger partial charge in [0.2, 0.25) is 0 Å². The first-order valence-electron chi connectivity index (χ1n) is 8.07. The summed E-state index contributed by atoms with van der Waals surface area (Å²) >= 11 is 3.49. The number of nitrogens with zero attached hydrogens (tertiary/aromatic N) is 1. The number of rotatable bonds is 5. The summed E-state index contributed by atoms with van der Waals surface area (Å²) in [5.41, 5.74) is 5.82. The van der Waals surface area contributed by atoms with Crippen LogP contribution < -0.4 is 10.2 Å². The van der Waals surface area contributed by atoms with Crippen molar-refractivity contribution in [1.29, 1.82) is 0 Å². The van der Waals surface area contributed by atoms with Crippen molar-refractivity contribution in [2.75, 3.05) is 6.61 Å². The number of hydrazone groups is 1. The Bertz CT molecular complexity index is 762. The van der Waals surface area contributed by atoms with Crippen molar-refractivity contribution in [2.45, 2.75) is 33.1 Å². The van der Waals surface area contributed by atoms with E-state index in [1.165, 1.54) is 11.1 Å². The van der Waals surface area contributed by atoms with Crippen LogP contribution in [0.1, 0.15) is 37.5 Å². The lowest BCUT2D eigenvalue weighted by Crippen LogP contribution is -2.24. The zero-order valence-electron chi connectivity index (χ0n) is 15.0. The minimum absolute atomic E-state index is 0.0586. The van der Waals surface area contributed by atoms with Gasteiger partial charge in [0.15, 0.2) is 6.61 Å². The molecule has 0 saturated carbocycles. The number of carbonyl (C=O) groups excluding carboxylic acids is 1. The Morgan fingerprint density at radius 3 is 2.48 bits per heavy atom. The molecular formula is C20H23BrN2O2. The molecule has 5 heteroatoms. The highest BCUT2D eigenvalue weighted by Crippen LogP contribution is 2.31. The molecule has 25 heavy (non-hydrogen) atoms. The monoisotopic (exact) mass is 402 g/mol. The molecule has 4 nitrogen and oxygen atoms in total. The second kappa shape index (κ2) is 8.30. The lowest BCUT2D eigenvalue weighted by molar-refractivity contribution is -0.123. The molecular weight excluding hydrogens is 380 g/mol. The van der Waals surface area contributed by atoms with Crippen LogP contribution in [0.15, 0.2) is 52.0 Å². The molecule has 0 aliphatic heterocycles. The number of aryl methyl sites for hydroxylation is 1. The Morgan fingerprint density at radius 2 is 1.88 bits per heavy atom. The first kappa shape index (κ1) is 19.2. The number of amides is 1. The van der Waals surface area contributed by atoms with Crippen LogP contribution in [0.3, 0.4) is 0 Å². The largest absolute Gasteiger partial charge is 0.483 e. The van der Waals surface area contributed by atoms with Crippen molar-refractivity contribution in [1.82, 2.24) is 5.43 Å². The van der Waals surface area contributed by atoms with Gasteiger partial charge in [-0.25, -0.2) is 5.43 Å². The van der Waals surface area contributed by atoms with E-state index in [-0.39, 0.29) is 17.9 Å². The van der Waals surface area contributed by atoms with Gasteiger partial charge >= 0.3 is 0 Å². The van der Waals surface area contributed by atoms with Crippen LogP contribution in [-0.2, 0) is 10.2 Å². The summed E-state index contributed by atoms with van der Waals surface area (Å²) in [6.45, 7) is 8.36. The number of nitrogens with one attached hydrogen (secondary N) is 1. The number of hydrogen-bond donors (Lipinski definition) is 1. The number of hydrogen-bond acceptors (Lipinski definition) is 3. The molecule has 0 spiro atoms. The van der Waals surface area contributed by atoms with Crippen molar-refractivity contribution in [3.8, 4) is 5.75 Å². The van der Waals surface area contributed by atoms with Gasteiger partial charge in [0.25, 0.3) is 5.91 Å². The molecule has 0 aliphatic rings. The average molecular weight is 403 g/mol. The Kier molecular flexibility index (Phi) is 6.37. The van der Waals surface area contributed by atoms with Crippen LogP contribution in [0, 0.1) is 6.92 Å². The Labute approximate surface area is 157 Å². The van der Waals surface area contributed by atoms with Crippen LogP contribution in [0.5, 0.6) is 5.75 Å². The molecule has 0 bridgehead atoms. The van der Waals surface area contributed by atoms with E-state index >= 15 is 0 Å². The summed E-state index contributed by atoms with van der Waals surface area (Å²) in [5.74, 6) is 0.320. The second-order valence-electron chi connectivity index (χ2n) is 6.89. The Hall–Kier alpha value is -2.14. The summed E-state index contributed by atoms with van der Waals surface area (Å²) in [4.78, 5) is 11.8. The van der Waals surface area contributed by atoms with Crippen molar-refractivity contribution < 1.29 is 9.53 Å². The molecule has 0 unspecified atom stereocenters. The van der Waals surface area contributed by atoms with Gasteiger partial charge in [-0.05, 0) is 51.5 Å². The van der Waals surface area contributed by atoms with Gasteiger partial charge in [-0.1, -0.05) is 56.7 Å². The highest BCUT2D eigenvalue weighted by molar-refractivity contribution is 9.10. The van der Waals surface area contributed by atoms with Crippen molar-refractivity contribution in [3.05, 3.63) is 63.6 Å². The van der Waals surface area contributed by atoms with Gasteiger partial charge in [-0.2, -0.15) is 5.10 Å². The topological polar surface area (TPSA) is 50.7 Å². The van der Waals surface area contributed by atoms with E-state index in [4.69, 9.17) is 4.74 Å². The normalized spacial score (nSPS) is 11.6. The predicted octanol–water partition coefficient (Wildman–Crippen LogP) is 4.58. The van der Waals surface area contributed by atoms with Gasteiger partial charge in [-0.3, -0.25) is 4.79 Å². The maximum absolute atomic E-state index is 11.8. The molecule has 0 heterocycles. The summed E-state index contributed by atoms with van der Waals surface area (Å²) in [5, 5.41) is 3.94. The van der Waals surface area contributed by atoms with Crippen LogP contribution >= 0.6 is 15.9 Å². The zero-order valence-corrected chi connectivity index (χ0v) is 16.6. The van der Waals surface area contributed by atoms with E-state index in [0.29, 0.717) is 5.75 Å². The highest BCUT2D eigenvalue weighted by Gasteiger charge is 2.15. The van der Waals surface area contributed by atoms with Crippen LogP contribution in [-0.4, -0.2) is 18.7 Å². The van der Waals surface area contributed by atoms with Crippen LogP contribution in [0.2, 0.25) is 0 Å². The zero-order chi connectivity index (χ0) is 18.4. The van der Waals surface area contributed by atoms with Crippen LogP contribution in [0.4, 0.5) is 0 Å². The molecule has 2 aromatic rings. The van der Waals surface area contributed by atoms with Crippen molar-refractivity contribution >= 4 is 28.1 Å². The molecule has 0 saturated heterocycles. The standard InChI is InChI=1S/C20H23BrN2O2/c1-14-5-7-15(8-6-14)12-22-23-19(24)13-25-18-10-9-16(11-17(18)21)20(2,3)4/h5-12H,13H2,1-4H3,(H,23,24)/b22-12+. The third-order valence-electron chi connectivity index (χ3n) is 3.64. The molecule has 0 atom stereocenters. The summed E-state index contributed by atoms with van der Waals surface area (Å²) in [6, 6.07) is 13.8. The molecule has 0 radical (unpaired) electrons. The van der Waals surface area contributed by atoms with E-state index in [1.54, 1.807) is 6.21 Å². The van der Waals surface area contributed by atoms with E-state index in [0.717, 1.165) is 10.0 Å². The van der Waals surface area contributed by atoms with Crippen molar-refractivity contribution in [3.63, 3.8) is 0 Å². The third kappa shape index (κ3) is 6.02. The molecule has 0 fully saturated rings. The van der Waals surface area contributed by atoms with E-state index in [2.05, 4.69) is 47.2 Å². The molecule has 1 amide bonds. The SMILES string of the molecule is Cc1ccc(/C=N/NC(=O)COc2ccc(C(C)(C)C)cc2Br)cc1. The number of ether oxygens (including phenoxy) is 1. The molecule has 132 valence electrons. The van der Waals surface area contributed by atoms with Gasteiger partial charge in [0.05, 0.1) is 10.7 Å². The molecule has 1 N–H and O–H groups in total. The summed E-state index contributed by atoms with van der Waals surface area (Å²) in [6.07, 6.45) is 1.60. The highest BCUT2D eigenvalue weighted by atomic mass is 79.9. The summed E-state index contributed by atoms with van der Waals surface area (Å²) in [7, 11) is 0. The lowest BCUT2D eigenvalue weighted by Gasteiger charge is -2.20. The fourth-order valence-corrected chi connectivity index (χ4v) is 2.58. The minimum atomic E-state index is -0.310. The van der Waals surface area contributed by atoms with Gasteiger partial charge in [-0.15, -0.1) is 0 Å². The minimum Gasteiger partial charge on any atom is -0.483 e. The van der Waals surface area contributed by atoms with Gasteiger partial charge in [0.1, 0.15) is 5.75 Å². The quantitative estimate of drug-likeness (QED) is 0.587. The van der Waals surface area contributed by atoms with Crippen LogP contribution in [0.25, 0.3) is 0 Å². The number of carbonyl (C=O) groups is 1. The van der Waals surface area contributed by atoms with Gasteiger partial charge in [0, 0.05) is 0 Å². The fourth-order valence-electron chi connectivity index (χ4n) is 2.09. The first-order chi connectivity index (χ1) is 11.8. The second-order valence-corrected chi connectivity index (χ2v) is 7.74. The maximum atomic E-state index is 11.8. The number of benzene rings is 2. The fraction of sp³-hybridized carbons (Fsp3) is 0.300. The van der Waals surface area contributed by atoms with Gasteiger partial charge < -0.3 is 4.74 Å². The van der Waals surface area contributed by atoms with E-state index in [1.807, 2.05) is 49.4 Å². The van der Waals surface area contributed by atoms with E-state index < -0.39 is 0 Å². The molecule has 0 aromatic heterocycles. The van der Waals surface area contributed by atoms with Crippen molar-refractivity contribution in [2.24, 2.45) is 5.10 Å². The lowest BCUT2D eigenvalue weighted by atomic mass is 9.87. The smallest absolute Gasteiger partial charge is 0.277 e. The predicted molar refractivity (Wildman–Crippen MR) is 105 cm³/mol. The Morgan fingerprint density at radius 1 is 1.20 bits per heavy atom. The molecule has 2 rings (SSSR count). The summed E-state index contributed by atoms with van der Waals surface area (Å²) < 4.78 is 6.38. The molecule has 0 aliphatic carbocycles.